The van der Waals surface area contributed by atoms with Crippen LogP contribution in [0.4, 0.5) is 5.82 Å². The third kappa shape index (κ3) is 3.65. The van der Waals surface area contributed by atoms with Gasteiger partial charge in [0.2, 0.25) is 0 Å². The number of anilines is 1. The highest BCUT2D eigenvalue weighted by Crippen LogP contribution is 2.22. The summed E-state index contributed by atoms with van der Waals surface area (Å²) in [6.07, 6.45) is 3.41. The second-order valence-corrected chi connectivity index (χ2v) is 5.87. The first-order valence-electron chi connectivity index (χ1n) is 6.66. The van der Waals surface area contributed by atoms with E-state index in [-0.39, 0.29) is 0 Å². The van der Waals surface area contributed by atoms with E-state index in [9.17, 15) is 0 Å². The molecule has 0 aliphatic carbocycles. The Kier molecular flexibility index (Phi) is 4.95. The molecule has 2 heterocycles. The zero-order chi connectivity index (χ0) is 13.0. The molecule has 0 unspecified atom stereocenters. The van der Waals surface area contributed by atoms with E-state index in [0.717, 1.165) is 37.8 Å². The van der Waals surface area contributed by atoms with Crippen molar-refractivity contribution >= 4 is 21.7 Å². The molecule has 0 radical (unpaired) electrons. The standard InChI is InChI=1S/C13H21BrN4/c1-9(2)4-3-6-16-12-10-8-15-7-5-11(10)17-13(14)18-12/h9,15H,3-8H2,1-2H3,(H,16,17,18). The van der Waals surface area contributed by atoms with Crippen molar-refractivity contribution in [2.24, 2.45) is 5.92 Å². The van der Waals surface area contributed by atoms with Gasteiger partial charge in [-0.3, -0.25) is 0 Å². The van der Waals surface area contributed by atoms with Crippen molar-refractivity contribution in [3.63, 3.8) is 0 Å². The number of hydrogen-bond acceptors (Lipinski definition) is 4. The lowest BCUT2D eigenvalue weighted by atomic mass is 10.1. The monoisotopic (exact) mass is 312 g/mol. The summed E-state index contributed by atoms with van der Waals surface area (Å²) in [5.41, 5.74) is 2.40. The lowest BCUT2D eigenvalue weighted by Crippen LogP contribution is -2.26. The van der Waals surface area contributed by atoms with Crippen LogP contribution in [0, 0.1) is 5.92 Å². The maximum absolute atomic E-state index is 4.46. The summed E-state index contributed by atoms with van der Waals surface area (Å²) in [5, 5.41) is 6.82. The van der Waals surface area contributed by atoms with Crippen LogP contribution in [0.25, 0.3) is 0 Å². The van der Waals surface area contributed by atoms with E-state index in [4.69, 9.17) is 0 Å². The van der Waals surface area contributed by atoms with Crippen LogP contribution in [0.1, 0.15) is 37.9 Å². The van der Waals surface area contributed by atoms with E-state index in [2.05, 4.69) is 50.4 Å². The SMILES string of the molecule is CC(C)CCCNc1nc(Br)nc2c1CNCC2. The van der Waals surface area contributed by atoms with E-state index in [1.54, 1.807) is 0 Å². The Morgan fingerprint density at radius 1 is 1.39 bits per heavy atom. The first kappa shape index (κ1) is 13.7. The van der Waals surface area contributed by atoms with Gasteiger partial charge in [0.05, 0.1) is 5.69 Å². The molecule has 5 heteroatoms. The maximum Gasteiger partial charge on any atom is 0.198 e. The molecule has 2 N–H and O–H groups in total. The Morgan fingerprint density at radius 2 is 2.22 bits per heavy atom. The Hall–Kier alpha value is -0.680. The van der Waals surface area contributed by atoms with Gasteiger partial charge in [-0.15, -0.1) is 0 Å². The van der Waals surface area contributed by atoms with E-state index in [0.29, 0.717) is 4.73 Å². The predicted molar refractivity (Wildman–Crippen MR) is 77.7 cm³/mol. The van der Waals surface area contributed by atoms with Crippen molar-refractivity contribution in [2.45, 2.75) is 39.7 Å². The minimum Gasteiger partial charge on any atom is -0.370 e. The topological polar surface area (TPSA) is 49.8 Å². The van der Waals surface area contributed by atoms with Crippen LogP contribution >= 0.6 is 15.9 Å². The molecule has 4 nitrogen and oxygen atoms in total. The summed E-state index contributed by atoms with van der Waals surface area (Å²) in [5.74, 6) is 1.75. The van der Waals surface area contributed by atoms with Gasteiger partial charge in [-0.25, -0.2) is 9.97 Å². The second kappa shape index (κ2) is 6.48. The highest BCUT2D eigenvalue weighted by Gasteiger charge is 2.16. The normalized spacial score (nSPS) is 14.7. The van der Waals surface area contributed by atoms with Crippen LogP contribution < -0.4 is 10.6 Å². The number of nitrogens with zero attached hydrogens (tertiary/aromatic N) is 2. The number of hydrogen-bond donors (Lipinski definition) is 2. The molecule has 0 spiro atoms. The van der Waals surface area contributed by atoms with E-state index < -0.39 is 0 Å². The van der Waals surface area contributed by atoms with Crippen LogP contribution in [-0.4, -0.2) is 23.1 Å². The van der Waals surface area contributed by atoms with Gasteiger partial charge in [-0.1, -0.05) is 13.8 Å². The molecule has 0 bridgehead atoms. The van der Waals surface area contributed by atoms with Gasteiger partial charge in [-0.2, -0.15) is 0 Å². The molecular weight excluding hydrogens is 292 g/mol. The average molecular weight is 313 g/mol. The zero-order valence-electron chi connectivity index (χ0n) is 11.1. The van der Waals surface area contributed by atoms with Gasteiger partial charge in [-0.05, 0) is 34.7 Å². The predicted octanol–water partition coefficient (Wildman–Crippen LogP) is 2.73. The smallest absolute Gasteiger partial charge is 0.198 e. The van der Waals surface area contributed by atoms with Crippen molar-refractivity contribution < 1.29 is 0 Å². The summed E-state index contributed by atoms with van der Waals surface area (Å²) < 4.78 is 0.689. The number of halogens is 1. The number of rotatable bonds is 5. The van der Waals surface area contributed by atoms with E-state index in [1.807, 2.05) is 0 Å². The fraction of sp³-hybridized carbons (Fsp3) is 0.692. The molecule has 1 aliphatic heterocycles. The Bertz CT molecular complexity index is 406. The van der Waals surface area contributed by atoms with E-state index >= 15 is 0 Å². The first-order valence-corrected chi connectivity index (χ1v) is 7.46. The van der Waals surface area contributed by atoms with Crippen LogP contribution in [0.5, 0.6) is 0 Å². The van der Waals surface area contributed by atoms with Crippen molar-refractivity contribution in [3.8, 4) is 0 Å². The fourth-order valence-corrected chi connectivity index (χ4v) is 2.57. The second-order valence-electron chi connectivity index (χ2n) is 5.16. The van der Waals surface area contributed by atoms with Gasteiger partial charge in [0.15, 0.2) is 4.73 Å². The Morgan fingerprint density at radius 3 is 3.00 bits per heavy atom. The van der Waals surface area contributed by atoms with Gasteiger partial charge in [0.1, 0.15) is 5.82 Å². The van der Waals surface area contributed by atoms with Gasteiger partial charge in [0, 0.05) is 31.6 Å². The summed E-state index contributed by atoms with van der Waals surface area (Å²) >= 11 is 3.39. The van der Waals surface area contributed by atoms with Crippen LogP contribution in [0.3, 0.4) is 0 Å². The summed E-state index contributed by atoms with van der Waals surface area (Å²) in [7, 11) is 0. The highest BCUT2D eigenvalue weighted by molar-refractivity contribution is 9.10. The summed E-state index contributed by atoms with van der Waals surface area (Å²) in [4.78, 5) is 8.91. The molecule has 0 saturated heterocycles. The third-order valence-corrected chi connectivity index (χ3v) is 3.51. The van der Waals surface area contributed by atoms with Gasteiger partial charge >= 0.3 is 0 Å². The average Bonchev–Trinajstić information content (AvgIpc) is 2.34. The highest BCUT2D eigenvalue weighted by atomic mass is 79.9. The van der Waals surface area contributed by atoms with Crippen LogP contribution in [-0.2, 0) is 13.0 Å². The quantitative estimate of drug-likeness (QED) is 0.648. The first-order chi connectivity index (χ1) is 8.66. The Balaban J connectivity index is 2.00. The number of aromatic nitrogens is 2. The summed E-state index contributed by atoms with van der Waals surface area (Å²) in [6, 6.07) is 0. The van der Waals surface area contributed by atoms with Crippen molar-refractivity contribution in [1.82, 2.24) is 15.3 Å². The number of nitrogens with one attached hydrogen (secondary N) is 2. The van der Waals surface area contributed by atoms with Gasteiger partial charge < -0.3 is 10.6 Å². The number of fused-ring (bicyclic) bond motifs is 1. The lowest BCUT2D eigenvalue weighted by Gasteiger charge is -2.19. The van der Waals surface area contributed by atoms with E-state index in [1.165, 1.54) is 24.1 Å². The van der Waals surface area contributed by atoms with Crippen molar-refractivity contribution in [3.05, 3.63) is 16.0 Å². The molecule has 1 aromatic rings. The minimum atomic E-state index is 0.689. The molecule has 1 aliphatic rings. The molecular formula is C13H21BrN4. The molecule has 2 rings (SSSR count). The fourth-order valence-electron chi connectivity index (χ4n) is 2.18. The zero-order valence-corrected chi connectivity index (χ0v) is 12.7. The molecule has 0 atom stereocenters. The van der Waals surface area contributed by atoms with Crippen molar-refractivity contribution in [2.75, 3.05) is 18.4 Å². The largest absolute Gasteiger partial charge is 0.370 e. The molecule has 100 valence electrons. The van der Waals surface area contributed by atoms with Crippen LogP contribution in [0.15, 0.2) is 4.73 Å². The summed E-state index contributed by atoms with van der Waals surface area (Å²) in [6.45, 7) is 7.37. The molecule has 18 heavy (non-hydrogen) atoms. The lowest BCUT2D eigenvalue weighted by molar-refractivity contribution is 0.565. The minimum absolute atomic E-state index is 0.689. The Labute approximate surface area is 117 Å². The van der Waals surface area contributed by atoms with Crippen LogP contribution in [0.2, 0.25) is 0 Å². The maximum atomic E-state index is 4.46. The molecule has 0 saturated carbocycles. The van der Waals surface area contributed by atoms with Gasteiger partial charge in [0.25, 0.3) is 0 Å². The third-order valence-electron chi connectivity index (χ3n) is 3.16. The molecule has 0 fully saturated rings. The molecule has 1 aromatic heterocycles. The molecule has 0 amide bonds. The molecule has 0 aromatic carbocycles. The van der Waals surface area contributed by atoms with Crippen molar-refractivity contribution in [1.29, 1.82) is 0 Å².